The second kappa shape index (κ2) is 5.47. The molecule has 1 N–H and O–H groups in total. The summed E-state index contributed by atoms with van der Waals surface area (Å²) in [5.74, 6) is 0. The third-order valence-electron chi connectivity index (χ3n) is 0.887. The number of aliphatic hydroxyl groups is 1. The number of hydrogen-bond donors (Lipinski definition) is 1. The number of rotatable bonds is 4. The van der Waals surface area contributed by atoms with Gasteiger partial charge in [0.05, 0.1) is 12.7 Å². The monoisotopic (exact) mass is 130 g/mol. The fourth-order valence-electron chi connectivity index (χ4n) is 0.383. The van der Waals surface area contributed by atoms with Crippen LogP contribution in [0.2, 0.25) is 0 Å². The van der Waals surface area contributed by atoms with Crippen molar-refractivity contribution in [2.45, 2.75) is 6.10 Å². The van der Waals surface area contributed by atoms with Crippen molar-refractivity contribution in [1.82, 2.24) is 0 Å². The Kier molecular flexibility index (Phi) is 5.06. The highest BCUT2D eigenvalue weighted by Crippen LogP contribution is 1.88. The number of methoxy groups -OCH3 is 1. The highest BCUT2D eigenvalue weighted by Gasteiger charge is 1.96. The van der Waals surface area contributed by atoms with Gasteiger partial charge >= 0.3 is 0 Å². The first-order valence-corrected chi connectivity index (χ1v) is 2.60. The van der Waals surface area contributed by atoms with Crippen LogP contribution in [0.1, 0.15) is 0 Å². The molecule has 9 heavy (non-hydrogen) atoms. The van der Waals surface area contributed by atoms with E-state index in [1.807, 2.05) is 0 Å². The van der Waals surface area contributed by atoms with Gasteiger partial charge in [-0.2, -0.15) is 0 Å². The molecule has 0 aromatic heterocycles. The van der Waals surface area contributed by atoms with Crippen molar-refractivity contribution in [3.8, 4) is 0 Å². The summed E-state index contributed by atoms with van der Waals surface area (Å²) in [4.78, 5) is 9.72. The van der Waals surface area contributed by atoms with Crippen LogP contribution in [0, 0.1) is 0 Å². The van der Waals surface area contributed by atoms with Gasteiger partial charge in [-0.1, -0.05) is 6.08 Å². The standard InChI is InChI=1S/C6H10O3/c1-9-6(5-8)3-2-4-7/h2-4,6,8H,5H2,1H3/b3-2+/t6-/m0/s1. The van der Waals surface area contributed by atoms with Gasteiger partial charge in [0.25, 0.3) is 0 Å². The van der Waals surface area contributed by atoms with E-state index in [-0.39, 0.29) is 12.7 Å². The van der Waals surface area contributed by atoms with Gasteiger partial charge in [0.15, 0.2) is 0 Å². The van der Waals surface area contributed by atoms with Gasteiger partial charge in [0, 0.05) is 7.11 Å². The number of aliphatic hydroxyl groups excluding tert-OH is 1. The molecule has 52 valence electrons. The van der Waals surface area contributed by atoms with E-state index < -0.39 is 0 Å². The predicted molar refractivity (Wildman–Crippen MR) is 33.1 cm³/mol. The molecule has 0 radical (unpaired) electrons. The van der Waals surface area contributed by atoms with Crippen LogP contribution in [0.4, 0.5) is 0 Å². The Balaban J connectivity index is 3.53. The number of ether oxygens (including phenoxy) is 1. The molecule has 3 nitrogen and oxygen atoms in total. The first-order chi connectivity index (χ1) is 4.35. The Labute approximate surface area is 53.9 Å². The smallest absolute Gasteiger partial charge is 0.142 e. The highest BCUT2D eigenvalue weighted by atomic mass is 16.5. The van der Waals surface area contributed by atoms with Crippen molar-refractivity contribution in [2.75, 3.05) is 13.7 Å². The summed E-state index contributed by atoms with van der Waals surface area (Å²) in [6.07, 6.45) is 3.08. The maximum Gasteiger partial charge on any atom is 0.142 e. The molecule has 0 bridgehead atoms. The Morgan fingerprint density at radius 2 is 2.44 bits per heavy atom. The van der Waals surface area contributed by atoms with Crippen LogP contribution < -0.4 is 0 Å². The zero-order valence-electron chi connectivity index (χ0n) is 5.28. The Morgan fingerprint density at radius 1 is 1.78 bits per heavy atom. The lowest BCUT2D eigenvalue weighted by molar-refractivity contribution is -0.104. The molecule has 0 saturated carbocycles. The Bertz CT molecular complexity index is 94.5. The van der Waals surface area contributed by atoms with Crippen LogP contribution in [0.25, 0.3) is 0 Å². The van der Waals surface area contributed by atoms with E-state index in [1.54, 1.807) is 0 Å². The molecule has 0 aliphatic rings. The van der Waals surface area contributed by atoms with E-state index in [0.29, 0.717) is 6.29 Å². The summed E-state index contributed by atoms with van der Waals surface area (Å²) in [5.41, 5.74) is 0. The first-order valence-electron chi connectivity index (χ1n) is 2.60. The van der Waals surface area contributed by atoms with E-state index in [2.05, 4.69) is 0 Å². The summed E-state index contributed by atoms with van der Waals surface area (Å²) in [6.45, 7) is -0.0964. The number of hydrogen-bond acceptors (Lipinski definition) is 3. The lowest BCUT2D eigenvalue weighted by atomic mass is 10.3. The van der Waals surface area contributed by atoms with E-state index in [0.717, 1.165) is 0 Å². The minimum Gasteiger partial charge on any atom is -0.393 e. The minimum atomic E-state index is -0.352. The predicted octanol–water partition coefficient (Wildman–Crippen LogP) is -0.251. The van der Waals surface area contributed by atoms with Gasteiger partial charge in [0.1, 0.15) is 6.29 Å². The molecule has 3 heteroatoms. The van der Waals surface area contributed by atoms with Crippen LogP contribution in [-0.4, -0.2) is 31.2 Å². The lowest BCUT2D eigenvalue weighted by Crippen LogP contribution is -2.11. The molecule has 0 spiro atoms. The quantitative estimate of drug-likeness (QED) is 0.421. The zero-order valence-corrected chi connectivity index (χ0v) is 5.28. The Morgan fingerprint density at radius 3 is 2.78 bits per heavy atom. The number of carbonyl (C=O) groups excluding carboxylic acids is 1. The molecule has 0 fully saturated rings. The van der Waals surface area contributed by atoms with Crippen molar-refractivity contribution in [3.05, 3.63) is 12.2 Å². The second-order valence-electron chi connectivity index (χ2n) is 1.48. The summed E-state index contributed by atoms with van der Waals surface area (Å²) < 4.78 is 4.71. The molecule has 0 heterocycles. The SMILES string of the molecule is CO[C@@H](/C=C/C=O)CO. The van der Waals surface area contributed by atoms with Gasteiger partial charge in [0.2, 0.25) is 0 Å². The van der Waals surface area contributed by atoms with Gasteiger partial charge in [-0.05, 0) is 6.08 Å². The van der Waals surface area contributed by atoms with Gasteiger partial charge in [-0.25, -0.2) is 0 Å². The van der Waals surface area contributed by atoms with E-state index in [9.17, 15) is 4.79 Å². The summed E-state index contributed by atoms with van der Waals surface area (Å²) in [6, 6.07) is 0. The van der Waals surface area contributed by atoms with E-state index in [4.69, 9.17) is 9.84 Å². The van der Waals surface area contributed by atoms with Crippen molar-refractivity contribution in [2.24, 2.45) is 0 Å². The van der Waals surface area contributed by atoms with Crippen LogP contribution in [0.3, 0.4) is 0 Å². The second-order valence-corrected chi connectivity index (χ2v) is 1.48. The number of aldehydes is 1. The maximum absolute atomic E-state index is 9.72. The summed E-state index contributed by atoms with van der Waals surface area (Å²) >= 11 is 0. The van der Waals surface area contributed by atoms with Gasteiger partial charge in [-0.15, -0.1) is 0 Å². The van der Waals surface area contributed by atoms with Gasteiger partial charge < -0.3 is 9.84 Å². The first kappa shape index (κ1) is 8.33. The Hall–Kier alpha value is -0.670. The molecule has 0 aromatic rings. The zero-order chi connectivity index (χ0) is 7.11. The lowest BCUT2D eigenvalue weighted by Gasteiger charge is -2.03. The van der Waals surface area contributed by atoms with Crippen LogP contribution in [-0.2, 0) is 9.53 Å². The minimum absolute atomic E-state index is 0.0964. The van der Waals surface area contributed by atoms with E-state index >= 15 is 0 Å². The molecule has 0 aliphatic heterocycles. The molecular formula is C6H10O3. The fraction of sp³-hybridized carbons (Fsp3) is 0.500. The van der Waals surface area contributed by atoms with Crippen LogP contribution >= 0.6 is 0 Å². The molecule has 0 amide bonds. The third kappa shape index (κ3) is 3.88. The maximum atomic E-state index is 9.72. The molecule has 1 atom stereocenters. The average Bonchev–Trinajstić information content (AvgIpc) is 1.91. The van der Waals surface area contributed by atoms with Gasteiger partial charge in [-0.3, -0.25) is 4.79 Å². The molecule has 0 aromatic carbocycles. The van der Waals surface area contributed by atoms with Crippen molar-refractivity contribution < 1.29 is 14.6 Å². The summed E-state index contributed by atoms with van der Waals surface area (Å²) in [5, 5.41) is 8.46. The molecule has 0 saturated heterocycles. The van der Waals surface area contributed by atoms with Crippen LogP contribution in [0.5, 0.6) is 0 Å². The topological polar surface area (TPSA) is 46.5 Å². The average molecular weight is 130 g/mol. The van der Waals surface area contributed by atoms with Crippen molar-refractivity contribution >= 4 is 6.29 Å². The number of carbonyl (C=O) groups is 1. The normalized spacial score (nSPS) is 14.0. The third-order valence-corrected chi connectivity index (χ3v) is 0.887. The van der Waals surface area contributed by atoms with E-state index in [1.165, 1.54) is 19.3 Å². The fourth-order valence-corrected chi connectivity index (χ4v) is 0.383. The number of allylic oxidation sites excluding steroid dienone is 1. The highest BCUT2D eigenvalue weighted by molar-refractivity contribution is 5.64. The molecule has 0 aliphatic carbocycles. The molecule has 0 unspecified atom stereocenters. The molecular weight excluding hydrogens is 120 g/mol. The van der Waals surface area contributed by atoms with Crippen molar-refractivity contribution in [1.29, 1.82) is 0 Å². The largest absolute Gasteiger partial charge is 0.393 e. The molecule has 0 rings (SSSR count). The van der Waals surface area contributed by atoms with Crippen LogP contribution in [0.15, 0.2) is 12.2 Å². The summed E-state index contributed by atoms with van der Waals surface area (Å²) in [7, 11) is 1.47. The van der Waals surface area contributed by atoms with Crippen molar-refractivity contribution in [3.63, 3.8) is 0 Å².